The summed E-state index contributed by atoms with van der Waals surface area (Å²) in [7, 11) is -3.72. The number of nitro groups is 1. The van der Waals surface area contributed by atoms with Crippen LogP contribution in [0.4, 0.5) is 11.4 Å². The Labute approximate surface area is 190 Å². The summed E-state index contributed by atoms with van der Waals surface area (Å²) in [5, 5.41) is 13.3. The van der Waals surface area contributed by atoms with Gasteiger partial charge in [-0.15, -0.1) is 0 Å². The van der Waals surface area contributed by atoms with Crippen LogP contribution in [0.5, 0.6) is 0 Å². The fourth-order valence-corrected chi connectivity index (χ4v) is 4.46. The third-order valence-corrected chi connectivity index (χ3v) is 6.90. The fraction of sp³-hybridized carbons (Fsp3) is 0.300. The Morgan fingerprint density at radius 3 is 2.41 bits per heavy atom. The molecule has 0 saturated carbocycles. The van der Waals surface area contributed by atoms with Crippen LogP contribution >= 0.6 is 11.6 Å². The van der Waals surface area contributed by atoms with E-state index in [9.17, 15) is 28.1 Å². The van der Waals surface area contributed by atoms with Crippen molar-refractivity contribution in [3.63, 3.8) is 0 Å². The summed E-state index contributed by atoms with van der Waals surface area (Å²) >= 11 is 5.71. The van der Waals surface area contributed by atoms with E-state index in [2.05, 4.69) is 5.32 Å². The van der Waals surface area contributed by atoms with Crippen molar-refractivity contribution < 1.29 is 27.7 Å². The number of esters is 1. The highest BCUT2D eigenvalue weighted by atomic mass is 35.5. The zero-order chi connectivity index (χ0) is 24.1. The summed E-state index contributed by atoms with van der Waals surface area (Å²) in [5.74, 6) is -1.66. The fourth-order valence-electron chi connectivity index (χ4n) is 2.79. The van der Waals surface area contributed by atoms with E-state index < -0.39 is 39.1 Å². The molecule has 2 rings (SSSR count). The number of nitro benzene ring substituents is 1. The molecule has 0 saturated heterocycles. The number of rotatable bonds is 9. The van der Waals surface area contributed by atoms with E-state index in [1.807, 2.05) is 0 Å². The second-order valence-corrected chi connectivity index (χ2v) is 8.96. The number of aryl methyl sites for hydroxylation is 1. The number of sulfonamides is 1. The van der Waals surface area contributed by atoms with Gasteiger partial charge in [-0.05, 0) is 36.8 Å². The number of benzene rings is 2. The van der Waals surface area contributed by atoms with Crippen LogP contribution in [0.3, 0.4) is 0 Å². The van der Waals surface area contributed by atoms with E-state index in [0.717, 1.165) is 6.07 Å². The van der Waals surface area contributed by atoms with Crippen molar-refractivity contribution in [2.75, 3.05) is 25.0 Å². The highest BCUT2D eigenvalue weighted by Crippen LogP contribution is 2.26. The first-order chi connectivity index (χ1) is 15.0. The van der Waals surface area contributed by atoms with Crippen LogP contribution in [-0.4, -0.2) is 49.2 Å². The van der Waals surface area contributed by atoms with Gasteiger partial charge in [-0.1, -0.05) is 31.5 Å². The number of nitrogens with zero attached hydrogens (tertiary/aromatic N) is 2. The number of nitrogens with one attached hydrogen (secondary N) is 1. The normalized spacial score (nSPS) is 11.3. The molecule has 0 radical (unpaired) electrons. The quantitative estimate of drug-likeness (QED) is 0.328. The van der Waals surface area contributed by atoms with E-state index >= 15 is 0 Å². The van der Waals surface area contributed by atoms with Crippen LogP contribution in [0.2, 0.25) is 5.02 Å². The molecular formula is C20H22ClN3O7S. The summed E-state index contributed by atoms with van der Waals surface area (Å²) in [6, 6.07) is 7.72. The summed E-state index contributed by atoms with van der Waals surface area (Å²) in [5.41, 5.74) is 0.253. The van der Waals surface area contributed by atoms with Crippen LogP contribution in [0.25, 0.3) is 0 Å². The Hall–Kier alpha value is -3.02. The lowest BCUT2D eigenvalue weighted by atomic mass is 10.2. The Balaban J connectivity index is 2.11. The van der Waals surface area contributed by atoms with Crippen molar-refractivity contribution in [2.45, 2.75) is 25.7 Å². The molecule has 2 aromatic rings. The molecule has 0 fully saturated rings. The Morgan fingerprint density at radius 2 is 1.81 bits per heavy atom. The van der Waals surface area contributed by atoms with Crippen LogP contribution in [0, 0.1) is 17.0 Å². The zero-order valence-electron chi connectivity index (χ0n) is 17.6. The maximum absolute atomic E-state index is 12.7. The molecule has 1 N–H and O–H groups in total. The number of carbonyl (C=O) groups excluding carboxylic acids is 2. The number of hydrogen-bond acceptors (Lipinski definition) is 7. The number of ether oxygens (including phenoxy) is 1. The van der Waals surface area contributed by atoms with Crippen molar-refractivity contribution >= 4 is 44.9 Å². The molecule has 0 aliphatic heterocycles. The number of carbonyl (C=O) groups is 2. The Morgan fingerprint density at radius 1 is 1.16 bits per heavy atom. The number of hydrogen-bond donors (Lipinski definition) is 1. The molecule has 0 spiro atoms. The summed E-state index contributed by atoms with van der Waals surface area (Å²) in [4.78, 5) is 34.6. The topological polar surface area (TPSA) is 136 Å². The molecule has 10 nitrogen and oxygen atoms in total. The monoisotopic (exact) mass is 483 g/mol. The molecule has 0 unspecified atom stereocenters. The lowest BCUT2D eigenvalue weighted by Gasteiger charge is -2.19. The van der Waals surface area contributed by atoms with Gasteiger partial charge in [0.25, 0.3) is 11.6 Å². The van der Waals surface area contributed by atoms with Gasteiger partial charge >= 0.3 is 5.97 Å². The van der Waals surface area contributed by atoms with Gasteiger partial charge in [0.1, 0.15) is 5.02 Å². The molecule has 2 aromatic carbocycles. The maximum Gasteiger partial charge on any atom is 0.338 e. The average molecular weight is 484 g/mol. The minimum atomic E-state index is -3.72. The standard InChI is InChI=1S/C20H22ClN3O7S/c1-4-23(5-2)32(29,30)15-8-6-13(3)17(11-15)22-19(25)12-31-20(26)14-7-9-16(21)18(10-14)24(27)28/h6-11H,4-5,12H2,1-3H3,(H,22,25). The van der Waals surface area contributed by atoms with E-state index in [4.69, 9.17) is 16.3 Å². The highest BCUT2D eigenvalue weighted by molar-refractivity contribution is 7.89. The molecule has 0 bridgehead atoms. The predicted molar refractivity (Wildman–Crippen MR) is 118 cm³/mol. The van der Waals surface area contributed by atoms with Crippen molar-refractivity contribution in [1.82, 2.24) is 4.31 Å². The van der Waals surface area contributed by atoms with E-state index in [0.29, 0.717) is 18.7 Å². The molecule has 0 heterocycles. The number of amides is 1. The molecule has 12 heteroatoms. The lowest BCUT2D eigenvalue weighted by Crippen LogP contribution is -2.30. The SMILES string of the molecule is CCN(CC)S(=O)(=O)c1ccc(C)c(NC(=O)COC(=O)c2ccc(Cl)c([N+](=O)[O-])c2)c1. The van der Waals surface area contributed by atoms with Crippen LogP contribution in [0.1, 0.15) is 29.8 Å². The van der Waals surface area contributed by atoms with Crippen molar-refractivity contribution in [3.8, 4) is 0 Å². The van der Waals surface area contributed by atoms with Crippen LogP contribution in [-0.2, 0) is 19.6 Å². The smallest absolute Gasteiger partial charge is 0.338 e. The van der Waals surface area contributed by atoms with Crippen molar-refractivity contribution in [1.29, 1.82) is 0 Å². The summed E-state index contributed by atoms with van der Waals surface area (Å²) in [6.45, 7) is 5.05. The van der Waals surface area contributed by atoms with Crippen LogP contribution < -0.4 is 5.32 Å². The second kappa shape index (κ2) is 10.5. The molecule has 0 aliphatic rings. The lowest BCUT2D eigenvalue weighted by molar-refractivity contribution is -0.384. The van der Waals surface area contributed by atoms with Gasteiger partial charge in [0.05, 0.1) is 15.4 Å². The van der Waals surface area contributed by atoms with Gasteiger partial charge in [0.15, 0.2) is 6.61 Å². The van der Waals surface area contributed by atoms with E-state index in [1.165, 1.54) is 28.6 Å². The third kappa shape index (κ3) is 5.81. The van der Waals surface area contributed by atoms with Crippen molar-refractivity contribution in [2.24, 2.45) is 0 Å². The third-order valence-electron chi connectivity index (χ3n) is 4.54. The van der Waals surface area contributed by atoms with Gasteiger partial charge < -0.3 is 10.1 Å². The first-order valence-corrected chi connectivity index (χ1v) is 11.3. The molecule has 0 atom stereocenters. The van der Waals surface area contributed by atoms with Gasteiger partial charge in [0, 0.05) is 24.8 Å². The summed E-state index contributed by atoms with van der Waals surface area (Å²) < 4.78 is 31.6. The van der Waals surface area contributed by atoms with Gasteiger partial charge in [0.2, 0.25) is 10.0 Å². The maximum atomic E-state index is 12.7. The molecule has 32 heavy (non-hydrogen) atoms. The zero-order valence-corrected chi connectivity index (χ0v) is 19.2. The molecule has 0 aliphatic carbocycles. The van der Waals surface area contributed by atoms with Gasteiger partial charge in [-0.3, -0.25) is 14.9 Å². The minimum absolute atomic E-state index is 0.0209. The Bertz CT molecular complexity index is 1150. The molecule has 1 amide bonds. The van der Waals surface area contributed by atoms with Crippen LogP contribution in [0.15, 0.2) is 41.3 Å². The number of anilines is 1. The molecule has 172 valence electrons. The molecular weight excluding hydrogens is 462 g/mol. The molecule has 0 aromatic heterocycles. The first kappa shape index (κ1) is 25.2. The Kier molecular flexibility index (Phi) is 8.31. The largest absolute Gasteiger partial charge is 0.452 e. The number of halogens is 1. The summed E-state index contributed by atoms with van der Waals surface area (Å²) in [6.07, 6.45) is 0. The minimum Gasteiger partial charge on any atom is -0.452 e. The van der Waals surface area contributed by atoms with Crippen molar-refractivity contribution in [3.05, 3.63) is 62.7 Å². The van der Waals surface area contributed by atoms with Gasteiger partial charge in [-0.2, -0.15) is 4.31 Å². The predicted octanol–water partition coefficient (Wildman–Crippen LogP) is 3.38. The van der Waals surface area contributed by atoms with Gasteiger partial charge in [-0.25, -0.2) is 13.2 Å². The van der Waals surface area contributed by atoms with E-state index in [1.54, 1.807) is 26.8 Å². The second-order valence-electron chi connectivity index (χ2n) is 6.61. The highest BCUT2D eigenvalue weighted by Gasteiger charge is 2.23. The average Bonchev–Trinajstić information content (AvgIpc) is 2.74. The first-order valence-electron chi connectivity index (χ1n) is 9.53. The van der Waals surface area contributed by atoms with E-state index in [-0.39, 0.29) is 21.2 Å².